The van der Waals surface area contributed by atoms with E-state index in [2.05, 4.69) is 27.5 Å². The van der Waals surface area contributed by atoms with E-state index in [0.29, 0.717) is 6.54 Å². The minimum atomic E-state index is -0.0852. The van der Waals surface area contributed by atoms with Crippen LogP contribution < -0.4 is 11.1 Å². The number of nitrogens with two attached hydrogens (primary N) is 1. The molecule has 6 heteroatoms. The van der Waals surface area contributed by atoms with Gasteiger partial charge < -0.3 is 11.1 Å². The third kappa shape index (κ3) is 4.42. The van der Waals surface area contributed by atoms with Crippen molar-refractivity contribution in [2.45, 2.75) is 19.4 Å². The number of nitrogens with zero attached hydrogens (tertiary/aromatic N) is 3. The molecule has 0 spiro atoms. The predicted molar refractivity (Wildman–Crippen MR) is 72.2 cm³/mol. The quantitative estimate of drug-likeness (QED) is 0.744. The largest absolute Gasteiger partial charge is 0.367 e. The summed E-state index contributed by atoms with van der Waals surface area (Å²) in [4.78, 5) is 15.3. The summed E-state index contributed by atoms with van der Waals surface area (Å²) < 4.78 is 1.42. The summed E-state index contributed by atoms with van der Waals surface area (Å²) in [5.41, 5.74) is 6.64. The maximum atomic E-state index is 11.6. The van der Waals surface area contributed by atoms with Crippen LogP contribution in [0.5, 0.6) is 0 Å². The van der Waals surface area contributed by atoms with Crippen LogP contribution in [-0.4, -0.2) is 27.2 Å². The third-order valence-corrected chi connectivity index (χ3v) is 2.67. The Hall–Kier alpha value is -2.37. The van der Waals surface area contributed by atoms with Crippen molar-refractivity contribution < 1.29 is 4.79 Å². The Bertz CT molecular complexity index is 523. The number of aromatic nitrogens is 3. The van der Waals surface area contributed by atoms with Crippen molar-refractivity contribution in [3.63, 3.8) is 0 Å². The van der Waals surface area contributed by atoms with Crippen LogP contribution in [0.1, 0.15) is 12.0 Å². The molecule has 3 N–H and O–H groups in total. The van der Waals surface area contributed by atoms with Crippen LogP contribution in [0.4, 0.5) is 5.95 Å². The first-order chi connectivity index (χ1) is 9.24. The number of hydrogen-bond acceptors (Lipinski definition) is 4. The van der Waals surface area contributed by atoms with Gasteiger partial charge in [-0.15, -0.1) is 5.10 Å². The van der Waals surface area contributed by atoms with E-state index in [-0.39, 0.29) is 18.4 Å². The van der Waals surface area contributed by atoms with E-state index < -0.39 is 0 Å². The summed E-state index contributed by atoms with van der Waals surface area (Å²) in [6.45, 7) is 0.799. The second kappa shape index (κ2) is 6.53. The molecule has 0 unspecified atom stereocenters. The lowest BCUT2D eigenvalue weighted by atomic mass is 10.1. The summed E-state index contributed by atoms with van der Waals surface area (Å²) in [5.74, 6) is 0.0924. The number of hydrogen-bond donors (Lipinski definition) is 2. The summed E-state index contributed by atoms with van der Waals surface area (Å²) in [6, 6.07) is 10.2. The SMILES string of the molecule is Nc1ncn(CC(=O)NCCCc2ccccc2)n1. The second-order valence-electron chi connectivity index (χ2n) is 4.24. The zero-order valence-corrected chi connectivity index (χ0v) is 10.6. The number of nitrogen functional groups attached to an aromatic ring is 1. The Balaban J connectivity index is 1.64. The van der Waals surface area contributed by atoms with Gasteiger partial charge in [-0.25, -0.2) is 9.67 Å². The smallest absolute Gasteiger partial charge is 0.241 e. The molecular formula is C13H17N5O. The molecule has 0 saturated heterocycles. The fourth-order valence-corrected chi connectivity index (χ4v) is 1.75. The molecule has 2 aromatic rings. The Morgan fingerprint density at radius 2 is 2.11 bits per heavy atom. The Morgan fingerprint density at radius 3 is 2.79 bits per heavy atom. The lowest BCUT2D eigenvalue weighted by Gasteiger charge is -2.05. The first-order valence-electron chi connectivity index (χ1n) is 6.19. The van der Waals surface area contributed by atoms with Gasteiger partial charge in [0.2, 0.25) is 11.9 Å². The van der Waals surface area contributed by atoms with Gasteiger partial charge in [0.15, 0.2) is 0 Å². The highest BCUT2D eigenvalue weighted by Crippen LogP contribution is 2.01. The third-order valence-electron chi connectivity index (χ3n) is 2.67. The van der Waals surface area contributed by atoms with Crippen LogP contribution in [0.2, 0.25) is 0 Å². The van der Waals surface area contributed by atoms with Gasteiger partial charge in [0.25, 0.3) is 0 Å². The number of rotatable bonds is 6. The fraction of sp³-hybridized carbons (Fsp3) is 0.308. The lowest BCUT2D eigenvalue weighted by molar-refractivity contribution is -0.121. The van der Waals surface area contributed by atoms with Gasteiger partial charge in [0.05, 0.1) is 0 Å². The molecular weight excluding hydrogens is 242 g/mol. The van der Waals surface area contributed by atoms with Crippen LogP contribution in [-0.2, 0) is 17.8 Å². The normalized spacial score (nSPS) is 10.3. The van der Waals surface area contributed by atoms with Gasteiger partial charge in [-0.2, -0.15) is 0 Å². The van der Waals surface area contributed by atoms with E-state index in [4.69, 9.17) is 5.73 Å². The standard InChI is InChI=1S/C13H17N5O/c14-13-16-10-18(17-13)9-12(19)15-8-4-7-11-5-2-1-3-6-11/h1-3,5-6,10H,4,7-9H2,(H2,14,17)(H,15,19). The van der Waals surface area contributed by atoms with Crippen molar-refractivity contribution in [1.82, 2.24) is 20.1 Å². The summed E-state index contributed by atoms with van der Waals surface area (Å²) in [7, 11) is 0. The maximum absolute atomic E-state index is 11.6. The number of benzene rings is 1. The molecule has 0 aliphatic rings. The Morgan fingerprint density at radius 1 is 1.32 bits per heavy atom. The molecule has 0 bridgehead atoms. The molecule has 1 amide bonds. The first-order valence-corrected chi connectivity index (χ1v) is 6.19. The van der Waals surface area contributed by atoms with E-state index in [1.165, 1.54) is 16.6 Å². The van der Waals surface area contributed by atoms with E-state index in [9.17, 15) is 4.79 Å². The number of carbonyl (C=O) groups excluding carboxylic acids is 1. The Labute approximate surface area is 111 Å². The molecule has 0 fully saturated rings. The molecule has 0 radical (unpaired) electrons. The van der Waals surface area contributed by atoms with Crippen molar-refractivity contribution in [3.8, 4) is 0 Å². The highest BCUT2D eigenvalue weighted by Gasteiger charge is 2.03. The molecule has 0 saturated carbocycles. The lowest BCUT2D eigenvalue weighted by Crippen LogP contribution is -2.28. The van der Waals surface area contributed by atoms with Gasteiger partial charge >= 0.3 is 0 Å². The molecule has 0 aliphatic carbocycles. The zero-order valence-electron chi connectivity index (χ0n) is 10.6. The number of carbonyl (C=O) groups is 1. The monoisotopic (exact) mass is 259 g/mol. The van der Waals surface area contributed by atoms with Crippen LogP contribution in [0.3, 0.4) is 0 Å². The number of anilines is 1. The van der Waals surface area contributed by atoms with E-state index in [1.54, 1.807) is 0 Å². The van der Waals surface area contributed by atoms with Crippen molar-refractivity contribution in [3.05, 3.63) is 42.2 Å². The van der Waals surface area contributed by atoms with E-state index in [0.717, 1.165) is 12.8 Å². The highest BCUT2D eigenvalue weighted by atomic mass is 16.2. The molecule has 2 rings (SSSR count). The average Bonchev–Trinajstić information content (AvgIpc) is 2.81. The molecule has 1 heterocycles. The molecule has 19 heavy (non-hydrogen) atoms. The number of nitrogens with one attached hydrogen (secondary N) is 1. The molecule has 100 valence electrons. The minimum absolute atomic E-state index is 0.0852. The molecule has 6 nitrogen and oxygen atoms in total. The van der Waals surface area contributed by atoms with Crippen LogP contribution in [0.15, 0.2) is 36.7 Å². The molecule has 1 aromatic heterocycles. The van der Waals surface area contributed by atoms with Crippen LogP contribution in [0, 0.1) is 0 Å². The van der Waals surface area contributed by atoms with Crippen molar-refractivity contribution >= 4 is 11.9 Å². The van der Waals surface area contributed by atoms with Crippen molar-refractivity contribution in [2.75, 3.05) is 12.3 Å². The maximum Gasteiger partial charge on any atom is 0.241 e. The summed E-state index contributed by atoms with van der Waals surface area (Å²) >= 11 is 0. The van der Waals surface area contributed by atoms with E-state index >= 15 is 0 Å². The summed E-state index contributed by atoms with van der Waals surface area (Å²) in [6.07, 6.45) is 3.31. The Kier molecular flexibility index (Phi) is 4.49. The van der Waals surface area contributed by atoms with Crippen LogP contribution >= 0.6 is 0 Å². The fourth-order valence-electron chi connectivity index (χ4n) is 1.75. The van der Waals surface area contributed by atoms with Crippen molar-refractivity contribution in [1.29, 1.82) is 0 Å². The first kappa shape index (κ1) is 13.1. The van der Waals surface area contributed by atoms with Gasteiger partial charge in [0, 0.05) is 6.54 Å². The average molecular weight is 259 g/mol. The number of aryl methyl sites for hydroxylation is 1. The van der Waals surface area contributed by atoms with Gasteiger partial charge in [0.1, 0.15) is 12.9 Å². The minimum Gasteiger partial charge on any atom is -0.367 e. The molecule has 0 aliphatic heterocycles. The molecule has 1 aromatic carbocycles. The van der Waals surface area contributed by atoms with Crippen LogP contribution in [0.25, 0.3) is 0 Å². The predicted octanol–water partition coefficient (Wildman–Crippen LogP) is 0.609. The van der Waals surface area contributed by atoms with Gasteiger partial charge in [-0.1, -0.05) is 30.3 Å². The second-order valence-corrected chi connectivity index (χ2v) is 4.24. The van der Waals surface area contributed by atoms with Gasteiger partial charge in [-0.3, -0.25) is 4.79 Å². The highest BCUT2D eigenvalue weighted by molar-refractivity contribution is 5.75. The molecule has 0 atom stereocenters. The van der Waals surface area contributed by atoms with E-state index in [1.807, 2.05) is 18.2 Å². The van der Waals surface area contributed by atoms with Gasteiger partial charge in [-0.05, 0) is 18.4 Å². The zero-order chi connectivity index (χ0) is 13.5. The number of amides is 1. The topological polar surface area (TPSA) is 85.8 Å². The van der Waals surface area contributed by atoms with Crippen molar-refractivity contribution in [2.24, 2.45) is 0 Å². The summed E-state index contributed by atoms with van der Waals surface area (Å²) in [5, 5.41) is 6.69.